The van der Waals surface area contributed by atoms with Crippen LogP contribution in [0.1, 0.15) is 19.8 Å². The number of anilines is 2. The van der Waals surface area contributed by atoms with Crippen molar-refractivity contribution in [2.45, 2.75) is 25.8 Å². The average molecular weight is 313 g/mol. The smallest absolute Gasteiger partial charge is 0.0661 e. The van der Waals surface area contributed by atoms with Gasteiger partial charge in [0.05, 0.1) is 18.0 Å². The molecule has 1 unspecified atom stereocenters. The molecule has 1 heterocycles. The third kappa shape index (κ3) is 4.50. The van der Waals surface area contributed by atoms with Crippen LogP contribution in [-0.2, 0) is 4.74 Å². The fourth-order valence-electron chi connectivity index (χ4n) is 2.81. The van der Waals surface area contributed by atoms with Crippen LogP contribution >= 0.6 is 11.6 Å². The first-order chi connectivity index (χ1) is 10.1. The summed E-state index contributed by atoms with van der Waals surface area (Å²) in [6.07, 6.45) is 2.07. The minimum absolute atomic E-state index is 0.224. The van der Waals surface area contributed by atoms with Gasteiger partial charge in [0.1, 0.15) is 0 Å². The molecule has 0 aliphatic carbocycles. The van der Waals surface area contributed by atoms with Crippen LogP contribution < -0.4 is 10.2 Å². The summed E-state index contributed by atoms with van der Waals surface area (Å²) in [6.45, 7) is 4.98. The summed E-state index contributed by atoms with van der Waals surface area (Å²) in [5.74, 6) is 0.442. The number of hydrogen-bond donors (Lipinski definition) is 2. The molecule has 1 aromatic rings. The lowest BCUT2D eigenvalue weighted by Gasteiger charge is -2.34. The van der Waals surface area contributed by atoms with E-state index in [0.29, 0.717) is 19.1 Å². The van der Waals surface area contributed by atoms with E-state index in [0.717, 1.165) is 36.6 Å². The molecule has 1 fully saturated rings. The molecule has 2 rings (SSSR count). The lowest BCUT2D eigenvalue weighted by Crippen LogP contribution is -2.35. The molecule has 0 radical (unpaired) electrons. The highest BCUT2D eigenvalue weighted by atomic mass is 35.5. The number of rotatable bonds is 6. The third-order valence-corrected chi connectivity index (χ3v) is 4.23. The van der Waals surface area contributed by atoms with Crippen LogP contribution in [0.2, 0.25) is 5.02 Å². The lowest BCUT2D eigenvalue weighted by atomic mass is 9.97. The molecule has 1 aliphatic rings. The number of nitrogens with zero attached hydrogens (tertiary/aromatic N) is 1. The molecule has 2 N–H and O–H groups in total. The summed E-state index contributed by atoms with van der Waals surface area (Å²) in [4.78, 5) is 2.37. The number of ether oxygens (including phenoxy) is 1. The third-order valence-electron chi connectivity index (χ3n) is 3.99. The predicted molar refractivity (Wildman–Crippen MR) is 88.4 cm³/mol. The van der Waals surface area contributed by atoms with Gasteiger partial charge in [-0.25, -0.2) is 0 Å². The van der Waals surface area contributed by atoms with Gasteiger partial charge >= 0.3 is 0 Å². The lowest BCUT2D eigenvalue weighted by molar-refractivity contribution is 0.190. The molecule has 1 atom stereocenters. The Morgan fingerprint density at radius 3 is 2.76 bits per heavy atom. The normalized spacial score (nSPS) is 17.8. The molecule has 1 saturated heterocycles. The van der Waals surface area contributed by atoms with Crippen molar-refractivity contribution in [2.24, 2.45) is 5.92 Å². The van der Waals surface area contributed by atoms with Gasteiger partial charge in [-0.1, -0.05) is 11.6 Å². The van der Waals surface area contributed by atoms with Gasteiger partial charge < -0.3 is 20.1 Å². The van der Waals surface area contributed by atoms with Crippen LogP contribution in [0, 0.1) is 5.92 Å². The maximum Gasteiger partial charge on any atom is 0.0661 e. The van der Waals surface area contributed by atoms with E-state index in [2.05, 4.69) is 23.2 Å². The van der Waals surface area contributed by atoms with Crippen molar-refractivity contribution in [3.63, 3.8) is 0 Å². The van der Waals surface area contributed by atoms with Crippen molar-refractivity contribution in [3.8, 4) is 0 Å². The van der Waals surface area contributed by atoms with Gasteiger partial charge in [-0.05, 0) is 43.9 Å². The van der Waals surface area contributed by atoms with E-state index < -0.39 is 0 Å². The number of aliphatic hydroxyl groups excluding tert-OH is 1. The van der Waals surface area contributed by atoms with Crippen LogP contribution in [0.5, 0.6) is 0 Å². The van der Waals surface area contributed by atoms with E-state index in [9.17, 15) is 5.11 Å². The SMILES string of the molecule is COCC(C)Nc1cc(Cl)ccc1N1CCC(CO)CC1. The van der Waals surface area contributed by atoms with Crippen LogP contribution in [-0.4, -0.2) is 44.6 Å². The summed E-state index contributed by atoms with van der Waals surface area (Å²) in [6, 6.07) is 6.20. The maximum atomic E-state index is 9.25. The Hall–Kier alpha value is -0.970. The molecule has 118 valence electrons. The first-order valence-electron chi connectivity index (χ1n) is 7.55. The molecule has 4 nitrogen and oxygen atoms in total. The second-order valence-electron chi connectivity index (χ2n) is 5.78. The second-order valence-corrected chi connectivity index (χ2v) is 6.21. The molecule has 21 heavy (non-hydrogen) atoms. The molecule has 0 bridgehead atoms. The largest absolute Gasteiger partial charge is 0.396 e. The quantitative estimate of drug-likeness (QED) is 0.847. The van der Waals surface area contributed by atoms with Gasteiger partial charge in [0.25, 0.3) is 0 Å². The minimum atomic E-state index is 0.224. The van der Waals surface area contributed by atoms with Gasteiger partial charge in [0, 0.05) is 37.9 Å². The first kappa shape index (κ1) is 16.4. The van der Waals surface area contributed by atoms with Crippen LogP contribution in [0.4, 0.5) is 11.4 Å². The molecule has 1 aromatic carbocycles. The molecule has 5 heteroatoms. The second kappa shape index (κ2) is 7.87. The molecule has 1 aliphatic heterocycles. The molecule has 0 aromatic heterocycles. The van der Waals surface area contributed by atoms with Gasteiger partial charge in [-0.15, -0.1) is 0 Å². The van der Waals surface area contributed by atoms with Crippen LogP contribution in [0.3, 0.4) is 0 Å². The van der Waals surface area contributed by atoms with Crippen molar-refractivity contribution in [1.29, 1.82) is 0 Å². The Morgan fingerprint density at radius 2 is 2.14 bits per heavy atom. The fourth-order valence-corrected chi connectivity index (χ4v) is 2.99. The zero-order valence-electron chi connectivity index (χ0n) is 12.8. The topological polar surface area (TPSA) is 44.7 Å². The number of aliphatic hydroxyl groups is 1. The van der Waals surface area contributed by atoms with Gasteiger partial charge in [-0.3, -0.25) is 0 Å². The van der Waals surface area contributed by atoms with Gasteiger partial charge in [0.2, 0.25) is 0 Å². The summed E-state index contributed by atoms with van der Waals surface area (Å²) in [7, 11) is 1.71. The zero-order valence-corrected chi connectivity index (χ0v) is 13.6. The Morgan fingerprint density at radius 1 is 1.43 bits per heavy atom. The first-order valence-corrected chi connectivity index (χ1v) is 7.92. The van der Waals surface area contributed by atoms with Crippen molar-refractivity contribution in [2.75, 3.05) is 43.6 Å². The van der Waals surface area contributed by atoms with Crippen LogP contribution in [0.25, 0.3) is 0 Å². The summed E-state index contributed by atoms with van der Waals surface area (Å²) >= 11 is 6.14. The standard InChI is InChI=1S/C16H25ClN2O2/c1-12(11-21-2)18-15-9-14(17)3-4-16(15)19-7-5-13(10-20)6-8-19/h3-4,9,12-13,18,20H,5-8,10-11H2,1-2H3. The summed E-state index contributed by atoms with van der Waals surface area (Å²) in [5.41, 5.74) is 2.23. The zero-order chi connectivity index (χ0) is 15.2. The highest BCUT2D eigenvalue weighted by Gasteiger charge is 2.21. The van der Waals surface area contributed by atoms with Crippen molar-refractivity contribution < 1.29 is 9.84 Å². The Labute approximate surface area is 132 Å². The number of halogens is 1. The molecule has 0 amide bonds. The Bertz CT molecular complexity index is 448. The van der Waals surface area contributed by atoms with Gasteiger partial charge in [0.15, 0.2) is 0 Å². The molecule has 0 spiro atoms. The summed E-state index contributed by atoms with van der Waals surface area (Å²) < 4.78 is 5.18. The predicted octanol–water partition coefficient (Wildman–Crippen LogP) is 3.00. The molecule has 0 saturated carbocycles. The van der Waals surface area contributed by atoms with Crippen molar-refractivity contribution in [3.05, 3.63) is 23.2 Å². The molecular formula is C16H25ClN2O2. The van der Waals surface area contributed by atoms with E-state index in [-0.39, 0.29) is 6.04 Å². The van der Waals surface area contributed by atoms with Crippen molar-refractivity contribution >= 4 is 23.0 Å². The number of methoxy groups -OCH3 is 1. The average Bonchev–Trinajstić information content (AvgIpc) is 2.48. The number of piperidine rings is 1. The monoisotopic (exact) mass is 312 g/mol. The van der Waals surface area contributed by atoms with E-state index in [4.69, 9.17) is 16.3 Å². The summed E-state index contributed by atoms with van der Waals surface area (Å²) in [5, 5.41) is 13.5. The minimum Gasteiger partial charge on any atom is -0.396 e. The molecular weight excluding hydrogens is 288 g/mol. The number of benzene rings is 1. The fraction of sp³-hybridized carbons (Fsp3) is 0.625. The van der Waals surface area contributed by atoms with Gasteiger partial charge in [-0.2, -0.15) is 0 Å². The Balaban J connectivity index is 2.11. The number of nitrogens with one attached hydrogen (secondary N) is 1. The maximum absolute atomic E-state index is 9.25. The number of hydrogen-bond acceptors (Lipinski definition) is 4. The van der Waals surface area contributed by atoms with E-state index in [1.165, 1.54) is 5.69 Å². The van der Waals surface area contributed by atoms with Crippen molar-refractivity contribution in [1.82, 2.24) is 0 Å². The highest BCUT2D eigenvalue weighted by Crippen LogP contribution is 2.32. The highest BCUT2D eigenvalue weighted by molar-refractivity contribution is 6.31. The van der Waals surface area contributed by atoms with E-state index in [1.807, 2.05) is 12.1 Å². The van der Waals surface area contributed by atoms with E-state index in [1.54, 1.807) is 7.11 Å². The Kier molecular flexibility index (Phi) is 6.15. The van der Waals surface area contributed by atoms with E-state index >= 15 is 0 Å². The van der Waals surface area contributed by atoms with Crippen LogP contribution in [0.15, 0.2) is 18.2 Å².